The molecule has 12 N–H and O–H groups in total. The van der Waals surface area contributed by atoms with E-state index in [0.717, 1.165) is 6.92 Å². The van der Waals surface area contributed by atoms with Crippen molar-refractivity contribution < 1.29 is 34.5 Å². The average Bonchev–Trinajstić information content (AvgIpc) is 2.70. The lowest BCUT2D eigenvalue weighted by atomic mass is 10.0. The van der Waals surface area contributed by atoms with Gasteiger partial charge in [0.1, 0.15) is 12.1 Å². The number of nitrogens with two attached hydrogens (primary N) is 3. The lowest BCUT2D eigenvalue weighted by Crippen LogP contribution is -2.59. The quantitative estimate of drug-likeness (QED) is 0.0686. The normalized spacial score (nSPS) is 15.6. The first-order chi connectivity index (χ1) is 14.8. The summed E-state index contributed by atoms with van der Waals surface area (Å²) >= 11 is 0. The fourth-order valence-electron chi connectivity index (χ4n) is 2.45. The molecule has 0 bridgehead atoms. The number of carboxylic acid groups (broad SMARTS) is 1. The standard InChI is InChI=1S/C18H35N7O7/c1-8(2)12(19)16(30)23-10(5-4-6-22-18(20)21)14(28)24-11(7-26)15(29)25-13(9(3)27)17(31)32/h8-13,26-27H,4-7,19H2,1-3H3,(H,23,30)(H,24,28)(H,25,29)(H,31,32)(H4,20,21,22). The Bertz CT molecular complexity index is 681. The third-order valence-electron chi connectivity index (χ3n) is 4.46. The van der Waals surface area contributed by atoms with Crippen molar-refractivity contribution in [1.82, 2.24) is 16.0 Å². The van der Waals surface area contributed by atoms with Gasteiger partial charge in [0.2, 0.25) is 17.7 Å². The Hall–Kier alpha value is -2.97. The van der Waals surface area contributed by atoms with E-state index in [1.54, 1.807) is 13.8 Å². The van der Waals surface area contributed by atoms with E-state index in [4.69, 9.17) is 22.3 Å². The summed E-state index contributed by atoms with van der Waals surface area (Å²) in [6.45, 7) is 3.93. The van der Waals surface area contributed by atoms with Crippen LogP contribution < -0.4 is 33.2 Å². The fraction of sp³-hybridized carbons (Fsp3) is 0.722. The van der Waals surface area contributed by atoms with Crippen LogP contribution in [-0.2, 0) is 19.2 Å². The number of aliphatic hydroxyl groups is 2. The Morgan fingerprint density at radius 2 is 1.47 bits per heavy atom. The predicted octanol–water partition coefficient (Wildman–Crippen LogP) is -4.06. The van der Waals surface area contributed by atoms with Crippen LogP contribution in [0.3, 0.4) is 0 Å². The van der Waals surface area contributed by atoms with E-state index >= 15 is 0 Å². The molecule has 14 heteroatoms. The number of aliphatic imine (C=N–C) groups is 1. The first kappa shape index (κ1) is 29.0. The van der Waals surface area contributed by atoms with Crippen LogP contribution in [0, 0.1) is 5.92 Å². The van der Waals surface area contributed by atoms with Gasteiger partial charge in [-0.25, -0.2) is 4.79 Å². The summed E-state index contributed by atoms with van der Waals surface area (Å²) in [6.07, 6.45) is -1.04. The summed E-state index contributed by atoms with van der Waals surface area (Å²) in [6, 6.07) is -5.19. The summed E-state index contributed by atoms with van der Waals surface area (Å²) in [5.74, 6) is -4.27. The topological polar surface area (TPSA) is 255 Å². The summed E-state index contributed by atoms with van der Waals surface area (Å²) < 4.78 is 0. The van der Waals surface area contributed by atoms with Crippen molar-refractivity contribution in [2.45, 2.75) is 63.9 Å². The largest absolute Gasteiger partial charge is 0.480 e. The molecular formula is C18H35N7O7. The molecule has 32 heavy (non-hydrogen) atoms. The number of carboxylic acids is 1. The maximum Gasteiger partial charge on any atom is 0.328 e. The number of hydrogen-bond acceptors (Lipinski definition) is 8. The van der Waals surface area contributed by atoms with Crippen LogP contribution in [0.1, 0.15) is 33.6 Å². The molecule has 0 fully saturated rings. The van der Waals surface area contributed by atoms with Gasteiger partial charge in [-0.05, 0) is 25.7 Å². The summed E-state index contributed by atoms with van der Waals surface area (Å²) in [5.41, 5.74) is 16.3. The third kappa shape index (κ3) is 10.4. The number of nitrogens with zero attached hydrogens (tertiary/aromatic N) is 1. The molecule has 0 heterocycles. The molecule has 0 radical (unpaired) electrons. The highest BCUT2D eigenvalue weighted by Crippen LogP contribution is 2.04. The number of amides is 3. The van der Waals surface area contributed by atoms with Crippen LogP contribution in [0.5, 0.6) is 0 Å². The summed E-state index contributed by atoms with van der Waals surface area (Å²) in [7, 11) is 0. The molecule has 0 aromatic heterocycles. The zero-order valence-corrected chi connectivity index (χ0v) is 18.4. The molecular weight excluding hydrogens is 426 g/mol. The van der Waals surface area contributed by atoms with Crippen molar-refractivity contribution >= 4 is 29.7 Å². The molecule has 0 saturated heterocycles. The summed E-state index contributed by atoms with van der Waals surface area (Å²) in [4.78, 5) is 52.3. The zero-order chi connectivity index (χ0) is 25.0. The van der Waals surface area contributed by atoms with Crippen molar-refractivity contribution in [3.63, 3.8) is 0 Å². The molecule has 0 aromatic rings. The molecule has 0 aliphatic rings. The van der Waals surface area contributed by atoms with E-state index in [1.807, 2.05) is 5.32 Å². The Kier molecular flexibility index (Phi) is 12.8. The molecule has 0 spiro atoms. The molecule has 0 aliphatic heterocycles. The van der Waals surface area contributed by atoms with E-state index in [1.165, 1.54) is 0 Å². The van der Waals surface area contributed by atoms with E-state index in [2.05, 4.69) is 15.6 Å². The monoisotopic (exact) mass is 461 g/mol. The second-order valence-electron chi connectivity index (χ2n) is 7.59. The lowest BCUT2D eigenvalue weighted by Gasteiger charge is -2.25. The predicted molar refractivity (Wildman–Crippen MR) is 115 cm³/mol. The average molecular weight is 462 g/mol. The number of hydrogen-bond donors (Lipinski definition) is 9. The fourth-order valence-corrected chi connectivity index (χ4v) is 2.45. The van der Waals surface area contributed by atoms with Crippen LogP contribution in [-0.4, -0.2) is 88.4 Å². The molecule has 5 atom stereocenters. The maximum atomic E-state index is 12.7. The van der Waals surface area contributed by atoms with Crippen molar-refractivity contribution in [1.29, 1.82) is 0 Å². The molecule has 0 rings (SSSR count). The van der Waals surface area contributed by atoms with Gasteiger partial charge < -0.3 is 48.5 Å². The maximum absolute atomic E-state index is 12.7. The van der Waals surface area contributed by atoms with Crippen LogP contribution in [0.2, 0.25) is 0 Å². The van der Waals surface area contributed by atoms with Crippen molar-refractivity contribution in [3.05, 3.63) is 0 Å². The van der Waals surface area contributed by atoms with Crippen molar-refractivity contribution in [2.75, 3.05) is 13.2 Å². The van der Waals surface area contributed by atoms with Gasteiger partial charge in [-0.3, -0.25) is 19.4 Å². The Labute approximate surface area is 186 Å². The minimum atomic E-state index is -1.65. The number of nitrogens with one attached hydrogen (secondary N) is 3. The summed E-state index contributed by atoms with van der Waals surface area (Å²) in [5, 5.41) is 34.8. The minimum Gasteiger partial charge on any atom is -0.480 e. The van der Waals surface area contributed by atoms with Gasteiger partial charge in [-0.2, -0.15) is 0 Å². The van der Waals surface area contributed by atoms with Crippen LogP contribution >= 0.6 is 0 Å². The first-order valence-corrected chi connectivity index (χ1v) is 10.1. The minimum absolute atomic E-state index is 0.0877. The highest BCUT2D eigenvalue weighted by molar-refractivity contribution is 5.94. The number of guanidine groups is 1. The van der Waals surface area contributed by atoms with Gasteiger partial charge >= 0.3 is 5.97 Å². The molecule has 5 unspecified atom stereocenters. The number of aliphatic hydroxyl groups excluding tert-OH is 2. The van der Waals surface area contributed by atoms with Crippen LogP contribution in [0.25, 0.3) is 0 Å². The van der Waals surface area contributed by atoms with Crippen molar-refractivity contribution in [3.8, 4) is 0 Å². The van der Waals surface area contributed by atoms with Gasteiger partial charge in [0.25, 0.3) is 0 Å². The van der Waals surface area contributed by atoms with Gasteiger partial charge in [0.05, 0.1) is 18.8 Å². The molecule has 0 aromatic carbocycles. The molecule has 14 nitrogen and oxygen atoms in total. The van der Waals surface area contributed by atoms with E-state index in [9.17, 15) is 29.4 Å². The third-order valence-corrected chi connectivity index (χ3v) is 4.46. The highest BCUT2D eigenvalue weighted by atomic mass is 16.4. The van der Waals surface area contributed by atoms with Gasteiger partial charge in [-0.15, -0.1) is 0 Å². The number of rotatable bonds is 14. The number of carbonyl (C=O) groups is 4. The Morgan fingerprint density at radius 1 is 0.938 bits per heavy atom. The molecule has 3 amide bonds. The van der Waals surface area contributed by atoms with Crippen LogP contribution in [0.4, 0.5) is 0 Å². The van der Waals surface area contributed by atoms with Gasteiger partial charge in [-0.1, -0.05) is 13.8 Å². The van der Waals surface area contributed by atoms with Crippen LogP contribution in [0.15, 0.2) is 4.99 Å². The molecule has 0 aliphatic carbocycles. The number of carbonyl (C=O) groups excluding carboxylic acids is 3. The smallest absolute Gasteiger partial charge is 0.328 e. The van der Waals surface area contributed by atoms with E-state index < -0.39 is 60.6 Å². The van der Waals surface area contributed by atoms with Crippen molar-refractivity contribution in [2.24, 2.45) is 28.1 Å². The molecule has 0 saturated carbocycles. The van der Waals surface area contributed by atoms with E-state index in [-0.39, 0.29) is 24.8 Å². The zero-order valence-electron chi connectivity index (χ0n) is 18.4. The number of aliphatic carboxylic acids is 1. The van der Waals surface area contributed by atoms with E-state index in [0.29, 0.717) is 6.42 Å². The second kappa shape index (κ2) is 14.2. The lowest BCUT2D eigenvalue weighted by molar-refractivity contribution is -0.145. The Morgan fingerprint density at radius 3 is 1.91 bits per heavy atom. The van der Waals surface area contributed by atoms with Gasteiger partial charge in [0.15, 0.2) is 12.0 Å². The SMILES string of the molecule is CC(C)C(N)C(=O)NC(CCCN=C(N)N)C(=O)NC(CO)C(=O)NC(C(=O)O)C(C)O. The second-order valence-corrected chi connectivity index (χ2v) is 7.59. The Balaban J connectivity index is 5.34. The first-order valence-electron chi connectivity index (χ1n) is 10.1. The highest BCUT2D eigenvalue weighted by Gasteiger charge is 2.31. The molecule has 184 valence electrons. The van der Waals surface area contributed by atoms with Gasteiger partial charge in [0, 0.05) is 6.54 Å².